The molecule has 2 heterocycles. The lowest BCUT2D eigenvalue weighted by molar-refractivity contribution is -0.132. The minimum Gasteiger partial charge on any atom is -0.391 e. The van der Waals surface area contributed by atoms with Crippen LogP contribution in [0.5, 0.6) is 0 Å². The summed E-state index contributed by atoms with van der Waals surface area (Å²) in [5.74, 6) is 0.122. The summed E-state index contributed by atoms with van der Waals surface area (Å²) >= 11 is 0. The quantitative estimate of drug-likeness (QED) is 0.856. The van der Waals surface area contributed by atoms with Gasteiger partial charge in [-0.2, -0.15) is 0 Å². The molecule has 2 aliphatic heterocycles. The summed E-state index contributed by atoms with van der Waals surface area (Å²) < 4.78 is 0. The summed E-state index contributed by atoms with van der Waals surface area (Å²) in [6, 6.07) is 7.61. The van der Waals surface area contributed by atoms with Crippen molar-refractivity contribution in [3.05, 3.63) is 35.9 Å². The van der Waals surface area contributed by atoms with E-state index in [0.717, 1.165) is 43.5 Å². The summed E-state index contributed by atoms with van der Waals surface area (Å²) in [6.45, 7) is 3.23. The fourth-order valence-electron chi connectivity index (χ4n) is 3.68. The summed E-state index contributed by atoms with van der Waals surface area (Å²) in [4.78, 5) is 27.8. The molecule has 2 aliphatic rings. The van der Waals surface area contributed by atoms with Gasteiger partial charge in [0, 0.05) is 31.3 Å². The van der Waals surface area contributed by atoms with Gasteiger partial charge in [-0.25, -0.2) is 0 Å². The monoisotopic (exact) mass is 342 g/mol. The van der Waals surface area contributed by atoms with Crippen molar-refractivity contribution in [3.63, 3.8) is 0 Å². The molecule has 5 nitrogen and oxygen atoms in total. The van der Waals surface area contributed by atoms with Gasteiger partial charge in [-0.05, 0) is 56.4 Å². The van der Waals surface area contributed by atoms with Crippen LogP contribution in [0.3, 0.4) is 0 Å². The topological polar surface area (TPSA) is 60.9 Å². The number of nitrogens with zero attached hydrogens (tertiary/aromatic N) is 2. The second-order valence-corrected chi connectivity index (χ2v) is 6.91. The lowest BCUT2D eigenvalue weighted by Gasteiger charge is -2.36. The van der Waals surface area contributed by atoms with Gasteiger partial charge in [-0.15, -0.1) is 0 Å². The number of likely N-dealkylation sites (tertiary alicyclic amines) is 1. The van der Waals surface area contributed by atoms with E-state index in [4.69, 9.17) is 0 Å². The number of amides is 2. The molecule has 134 valence electrons. The molecule has 3 rings (SSSR count). The molecule has 0 bridgehead atoms. The average molecular weight is 342 g/mol. The lowest BCUT2D eigenvalue weighted by atomic mass is 9.98. The van der Waals surface area contributed by atoms with Gasteiger partial charge < -0.3 is 14.9 Å². The fraction of sp³-hybridized carbons (Fsp3) is 0.500. The van der Waals surface area contributed by atoms with E-state index in [0.29, 0.717) is 13.0 Å². The van der Waals surface area contributed by atoms with Crippen LogP contribution in [-0.2, 0) is 9.59 Å². The van der Waals surface area contributed by atoms with E-state index in [1.807, 2.05) is 24.3 Å². The highest BCUT2D eigenvalue weighted by molar-refractivity contribution is 5.95. The molecule has 0 aliphatic carbocycles. The maximum atomic E-state index is 12.5. The highest BCUT2D eigenvalue weighted by Crippen LogP contribution is 2.23. The zero-order valence-electron chi connectivity index (χ0n) is 14.7. The van der Waals surface area contributed by atoms with Crippen LogP contribution in [0.1, 0.15) is 44.6 Å². The van der Waals surface area contributed by atoms with E-state index in [2.05, 4.69) is 0 Å². The normalized spacial score (nSPS) is 22.6. The molecule has 5 heteroatoms. The average Bonchev–Trinajstić information content (AvgIpc) is 3.06. The Kier molecular flexibility index (Phi) is 5.53. The van der Waals surface area contributed by atoms with Crippen molar-refractivity contribution in [1.82, 2.24) is 4.90 Å². The van der Waals surface area contributed by atoms with Gasteiger partial charge in [0.25, 0.3) is 0 Å². The predicted octanol–water partition coefficient (Wildman–Crippen LogP) is 2.59. The van der Waals surface area contributed by atoms with Crippen LogP contribution in [0.2, 0.25) is 0 Å². The standard InChI is InChI=1S/C20H26N2O3/c1-15(23)18-5-2-3-13-22(18)20(25)12-9-16-7-10-17(11-8-16)21-14-4-6-19(21)24/h7-12,15,18,23H,2-6,13-14H2,1H3/b12-9+. The highest BCUT2D eigenvalue weighted by atomic mass is 16.3. The number of benzene rings is 1. The number of rotatable bonds is 4. The Morgan fingerprint density at radius 1 is 1.20 bits per heavy atom. The van der Waals surface area contributed by atoms with Gasteiger partial charge in [-0.1, -0.05) is 12.1 Å². The van der Waals surface area contributed by atoms with Crippen molar-refractivity contribution in [3.8, 4) is 0 Å². The predicted molar refractivity (Wildman–Crippen MR) is 98.1 cm³/mol. The van der Waals surface area contributed by atoms with Gasteiger partial charge in [-0.3, -0.25) is 9.59 Å². The zero-order chi connectivity index (χ0) is 17.8. The van der Waals surface area contributed by atoms with Crippen LogP contribution in [-0.4, -0.2) is 47.1 Å². The van der Waals surface area contributed by atoms with Crippen LogP contribution in [0.4, 0.5) is 5.69 Å². The fourth-order valence-corrected chi connectivity index (χ4v) is 3.68. The molecule has 25 heavy (non-hydrogen) atoms. The summed E-state index contributed by atoms with van der Waals surface area (Å²) in [7, 11) is 0. The maximum absolute atomic E-state index is 12.5. The van der Waals surface area contributed by atoms with Gasteiger partial charge in [0.1, 0.15) is 0 Å². The Morgan fingerprint density at radius 2 is 1.96 bits per heavy atom. The van der Waals surface area contributed by atoms with Crippen molar-refractivity contribution in [1.29, 1.82) is 0 Å². The molecule has 0 spiro atoms. The molecule has 2 amide bonds. The van der Waals surface area contributed by atoms with Crippen molar-refractivity contribution >= 4 is 23.6 Å². The minimum atomic E-state index is -0.505. The molecule has 0 radical (unpaired) electrons. The van der Waals surface area contributed by atoms with Crippen LogP contribution in [0.25, 0.3) is 6.08 Å². The molecular formula is C20H26N2O3. The van der Waals surface area contributed by atoms with Crippen molar-refractivity contribution in [2.75, 3.05) is 18.0 Å². The second-order valence-electron chi connectivity index (χ2n) is 6.91. The molecule has 2 fully saturated rings. The molecule has 0 saturated carbocycles. The Labute approximate surface area is 148 Å². The van der Waals surface area contributed by atoms with Crippen molar-refractivity contribution < 1.29 is 14.7 Å². The third-order valence-electron chi connectivity index (χ3n) is 5.09. The second kappa shape index (κ2) is 7.83. The van der Waals surface area contributed by atoms with Gasteiger partial charge in [0.15, 0.2) is 0 Å². The van der Waals surface area contributed by atoms with E-state index < -0.39 is 6.10 Å². The third kappa shape index (κ3) is 4.10. The Morgan fingerprint density at radius 3 is 2.60 bits per heavy atom. The largest absolute Gasteiger partial charge is 0.391 e. The first-order valence-corrected chi connectivity index (χ1v) is 9.13. The number of carbonyl (C=O) groups excluding carboxylic acids is 2. The van der Waals surface area contributed by atoms with E-state index in [-0.39, 0.29) is 17.9 Å². The number of hydrogen-bond donors (Lipinski definition) is 1. The minimum absolute atomic E-state index is 0.0515. The van der Waals surface area contributed by atoms with Gasteiger partial charge >= 0.3 is 0 Å². The van der Waals surface area contributed by atoms with Crippen molar-refractivity contribution in [2.45, 2.75) is 51.2 Å². The Hall–Kier alpha value is -2.14. The molecule has 2 atom stereocenters. The Bertz CT molecular complexity index is 651. The molecule has 0 aromatic heterocycles. The lowest BCUT2D eigenvalue weighted by Crippen LogP contribution is -2.48. The van der Waals surface area contributed by atoms with Crippen LogP contribution in [0, 0.1) is 0 Å². The molecule has 1 aromatic carbocycles. The molecule has 1 aromatic rings. The molecular weight excluding hydrogens is 316 g/mol. The SMILES string of the molecule is CC(O)C1CCCCN1C(=O)/C=C/c1ccc(N2CCCC2=O)cc1. The highest BCUT2D eigenvalue weighted by Gasteiger charge is 2.28. The number of carbonyl (C=O) groups is 2. The number of piperidine rings is 1. The number of aliphatic hydroxyl groups is 1. The zero-order valence-corrected chi connectivity index (χ0v) is 14.7. The van der Waals surface area contributed by atoms with Crippen LogP contribution in [0.15, 0.2) is 30.3 Å². The smallest absolute Gasteiger partial charge is 0.246 e. The van der Waals surface area contributed by atoms with E-state index in [1.54, 1.807) is 28.9 Å². The maximum Gasteiger partial charge on any atom is 0.246 e. The van der Waals surface area contributed by atoms with Gasteiger partial charge in [0.2, 0.25) is 11.8 Å². The number of hydrogen-bond acceptors (Lipinski definition) is 3. The summed E-state index contributed by atoms with van der Waals surface area (Å²) in [5.41, 5.74) is 1.84. The van der Waals surface area contributed by atoms with Gasteiger partial charge in [0.05, 0.1) is 12.1 Å². The Balaban J connectivity index is 1.64. The van der Waals surface area contributed by atoms with Crippen LogP contribution < -0.4 is 4.90 Å². The summed E-state index contributed by atoms with van der Waals surface area (Å²) in [6.07, 6.45) is 7.31. The van der Waals surface area contributed by atoms with E-state index in [9.17, 15) is 14.7 Å². The first-order chi connectivity index (χ1) is 12.1. The first kappa shape index (κ1) is 17.7. The summed E-state index contributed by atoms with van der Waals surface area (Å²) in [5, 5.41) is 9.89. The van der Waals surface area contributed by atoms with Crippen molar-refractivity contribution in [2.24, 2.45) is 0 Å². The van der Waals surface area contributed by atoms with E-state index >= 15 is 0 Å². The molecule has 2 saturated heterocycles. The third-order valence-corrected chi connectivity index (χ3v) is 5.09. The van der Waals surface area contributed by atoms with E-state index in [1.165, 1.54) is 0 Å². The first-order valence-electron chi connectivity index (χ1n) is 9.13. The molecule has 2 unspecified atom stereocenters. The number of anilines is 1. The van der Waals surface area contributed by atoms with Crippen LogP contribution >= 0.6 is 0 Å². The number of aliphatic hydroxyl groups excluding tert-OH is 1. The molecule has 1 N–H and O–H groups in total.